The zero-order valence-electron chi connectivity index (χ0n) is 9.30. The van der Waals surface area contributed by atoms with E-state index in [1.165, 1.54) is 12.1 Å². The normalized spacial score (nSPS) is 17.7. The lowest BCUT2D eigenvalue weighted by atomic mass is 10.2. The summed E-state index contributed by atoms with van der Waals surface area (Å²) in [5.74, 6) is -0.267. The van der Waals surface area contributed by atoms with E-state index in [0.717, 1.165) is 36.8 Å². The van der Waals surface area contributed by atoms with Crippen molar-refractivity contribution in [1.82, 2.24) is 4.90 Å². The van der Waals surface area contributed by atoms with E-state index >= 15 is 0 Å². The molecule has 1 aromatic rings. The van der Waals surface area contributed by atoms with E-state index in [2.05, 4.69) is 0 Å². The van der Waals surface area contributed by atoms with Crippen molar-refractivity contribution in [2.24, 2.45) is 0 Å². The minimum Gasteiger partial charge on any atom is -0.366 e. The summed E-state index contributed by atoms with van der Waals surface area (Å²) in [5.41, 5.74) is 1.71. The third kappa shape index (κ3) is 3.03. The average molecular weight is 236 g/mol. The van der Waals surface area contributed by atoms with Crippen molar-refractivity contribution >= 4 is 0 Å². The molecule has 0 bridgehead atoms. The SMILES string of the molecule is O=[N+]([O-])/C=C1\CCCN1Cc1ccc(F)cc1. The van der Waals surface area contributed by atoms with Crippen LogP contribution in [0.5, 0.6) is 0 Å². The van der Waals surface area contributed by atoms with Crippen molar-refractivity contribution in [3.05, 3.63) is 57.7 Å². The summed E-state index contributed by atoms with van der Waals surface area (Å²) in [6, 6.07) is 6.22. The summed E-state index contributed by atoms with van der Waals surface area (Å²) in [6.45, 7) is 1.41. The van der Waals surface area contributed by atoms with Crippen LogP contribution in [0.4, 0.5) is 4.39 Å². The minimum absolute atomic E-state index is 0.267. The maximum atomic E-state index is 12.7. The maximum absolute atomic E-state index is 12.7. The van der Waals surface area contributed by atoms with Gasteiger partial charge in [0.1, 0.15) is 5.82 Å². The number of benzene rings is 1. The van der Waals surface area contributed by atoms with Gasteiger partial charge in [0, 0.05) is 13.1 Å². The van der Waals surface area contributed by atoms with Gasteiger partial charge in [0.05, 0.1) is 10.6 Å². The standard InChI is InChI=1S/C12H13FN2O2/c13-11-5-3-10(4-6-11)8-14-7-1-2-12(14)9-15(16)17/h3-6,9H,1-2,7-8H2/b12-9+. The molecule has 90 valence electrons. The van der Waals surface area contributed by atoms with E-state index in [4.69, 9.17) is 0 Å². The van der Waals surface area contributed by atoms with E-state index in [0.29, 0.717) is 6.54 Å². The molecular formula is C12H13FN2O2. The van der Waals surface area contributed by atoms with Crippen molar-refractivity contribution in [3.8, 4) is 0 Å². The first kappa shape index (κ1) is 11.6. The summed E-state index contributed by atoms with van der Waals surface area (Å²) in [4.78, 5) is 12.0. The Hall–Kier alpha value is -1.91. The van der Waals surface area contributed by atoms with Gasteiger partial charge in [-0.2, -0.15) is 0 Å². The predicted octanol–water partition coefficient (Wildman–Crippen LogP) is 2.54. The zero-order chi connectivity index (χ0) is 12.3. The smallest absolute Gasteiger partial charge is 0.253 e. The number of allylic oxidation sites excluding steroid dienone is 1. The Labute approximate surface area is 98.5 Å². The Morgan fingerprint density at radius 2 is 2.12 bits per heavy atom. The van der Waals surface area contributed by atoms with Gasteiger partial charge in [-0.1, -0.05) is 12.1 Å². The fourth-order valence-corrected chi connectivity index (χ4v) is 2.01. The Morgan fingerprint density at radius 3 is 2.76 bits per heavy atom. The molecule has 0 spiro atoms. The molecule has 0 unspecified atom stereocenters. The van der Waals surface area contributed by atoms with Gasteiger partial charge in [-0.3, -0.25) is 10.1 Å². The van der Waals surface area contributed by atoms with Crippen LogP contribution in [0.25, 0.3) is 0 Å². The van der Waals surface area contributed by atoms with E-state index in [1.54, 1.807) is 12.1 Å². The molecule has 0 aromatic heterocycles. The number of hydrogen-bond donors (Lipinski definition) is 0. The summed E-state index contributed by atoms with van der Waals surface area (Å²) in [7, 11) is 0. The molecule has 5 heteroatoms. The van der Waals surface area contributed by atoms with Crippen LogP contribution in [0, 0.1) is 15.9 Å². The fraction of sp³-hybridized carbons (Fsp3) is 0.333. The highest BCUT2D eigenvalue weighted by molar-refractivity contribution is 5.17. The lowest BCUT2D eigenvalue weighted by molar-refractivity contribution is -0.404. The van der Waals surface area contributed by atoms with Crippen molar-refractivity contribution in [2.75, 3.05) is 6.54 Å². The first-order valence-corrected chi connectivity index (χ1v) is 5.49. The second-order valence-electron chi connectivity index (χ2n) is 4.06. The van der Waals surface area contributed by atoms with Crippen molar-refractivity contribution < 1.29 is 9.31 Å². The fourth-order valence-electron chi connectivity index (χ4n) is 2.01. The van der Waals surface area contributed by atoms with Crippen molar-refractivity contribution in [3.63, 3.8) is 0 Å². The molecule has 1 aliphatic rings. The zero-order valence-corrected chi connectivity index (χ0v) is 9.30. The highest BCUT2D eigenvalue weighted by atomic mass is 19.1. The molecular weight excluding hydrogens is 223 g/mol. The molecule has 17 heavy (non-hydrogen) atoms. The number of nitrogens with zero attached hydrogens (tertiary/aromatic N) is 2. The Morgan fingerprint density at radius 1 is 1.41 bits per heavy atom. The number of nitro groups is 1. The number of likely N-dealkylation sites (tertiary alicyclic amines) is 1. The number of hydrogen-bond acceptors (Lipinski definition) is 3. The van der Waals surface area contributed by atoms with Crippen LogP contribution >= 0.6 is 0 Å². The van der Waals surface area contributed by atoms with Crippen LogP contribution in [0.15, 0.2) is 36.2 Å². The minimum atomic E-state index is -0.418. The van der Waals surface area contributed by atoms with Crippen LogP contribution in [-0.4, -0.2) is 16.4 Å². The highest BCUT2D eigenvalue weighted by Gasteiger charge is 2.19. The second kappa shape index (κ2) is 4.95. The van der Waals surface area contributed by atoms with Crippen LogP contribution < -0.4 is 0 Å². The molecule has 0 atom stereocenters. The monoisotopic (exact) mass is 236 g/mol. The third-order valence-electron chi connectivity index (χ3n) is 2.81. The van der Waals surface area contributed by atoms with Gasteiger partial charge < -0.3 is 4.90 Å². The van der Waals surface area contributed by atoms with Crippen molar-refractivity contribution in [1.29, 1.82) is 0 Å². The molecule has 4 nitrogen and oxygen atoms in total. The quantitative estimate of drug-likeness (QED) is 0.598. The Bertz CT molecular complexity index is 442. The second-order valence-corrected chi connectivity index (χ2v) is 4.06. The number of halogens is 1. The Balaban J connectivity index is 2.07. The molecule has 2 rings (SSSR count). The maximum Gasteiger partial charge on any atom is 0.253 e. The molecule has 1 fully saturated rings. The summed E-state index contributed by atoms with van der Waals surface area (Å²) in [5, 5.41) is 10.5. The topological polar surface area (TPSA) is 46.4 Å². The van der Waals surface area contributed by atoms with Gasteiger partial charge in [0.2, 0.25) is 0 Å². The largest absolute Gasteiger partial charge is 0.366 e. The third-order valence-corrected chi connectivity index (χ3v) is 2.81. The van der Waals surface area contributed by atoms with E-state index in [9.17, 15) is 14.5 Å². The lowest BCUT2D eigenvalue weighted by Crippen LogP contribution is -2.17. The predicted molar refractivity (Wildman–Crippen MR) is 61.1 cm³/mol. The Kier molecular flexibility index (Phi) is 3.37. The molecule has 1 saturated heterocycles. The molecule has 0 aliphatic carbocycles. The van der Waals surface area contributed by atoms with Gasteiger partial charge in [-0.15, -0.1) is 0 Å². The van der Waals surface area contributed by atoms with Gasteiger partial charge in [0.15, 0.2) is 0 Å². The molecule has 0 saturated carbocycles. The van der Waals surface area contributed by atoms with E-state index < -0.39 is 4.92 Å². The molecule has 1 aromatic carbocycles. The van der Waals surface area contributed by atoms with Gasteiger partial charge in [-0.05, 0) is 30.5 Å². The summed E-state index contributed by atoms with van der Waals surface area (Å²) in [6.07, 6.45) is 2.74. The molecule has 1 aliphatic heterocycles. The van der Waals surface area contributed by atoms with Crippen LogP contribution in [0.2, 0.25) is 0 Å². The van der Waals surface area contributed by atoms with Gasteiger partial charge in [-0.25, -0.2) is 4.39 Å². The first-order valence-electron chi connectivity index (χ1n) is 5.49. The van der Waals surface area contributed by atoms with E-state index in [-0.39, 0.29) is 5.82 Å². The van der Waals surface area contributed by atoms with Crippen LogP contribution in [-0.2, 0) is 6.54 Å². The summed E-state index contributed by atoms with van der Waals surface area (Å²) >= 11 is 0. The molecule has 1 heterocycles. The van der Waals surface area contributed by atoms with Gasteiger partial charge in [0.25, 0.3) is 6.20 Å². The van der Waals surface area contributed by atoms with Crippen LogP contribution in [0.1, 0.15) is 18.4 Å². The molecule has 0 N–H and O–H groups in total. The lowest BCUT2D eigenvalue weighted by Gasteiger charge is -2.18. The summed E-state index contributed by atoms with van der Waals surface area (Å²) < 4.78 is 12.7. The van der Waals surface area contributed by atoms with Gasteiger partial charge >= 0.3 is 0 Å². The average Bonchev–Trinajstić information content (AvgIpc) is 2.68. The number of rotatable bonds is 3. The molecule has 0 radical (unpaired) electrons. The molecule has 0 amide bonds. The van der Waals surface area contributed by atoms with Crippen LogP contribution in [0.3, 0.4) is 0 Å². The van der Waals surface area contributed by atoms with E-state index in [1.807, 2.05) is 4.90 Å². The first-order chi connectivity index (χ1) is 8.15. The van der Waals surface area contributed by atoms with Crippen molar-refractivity contribution in [2.45, 2.75) is 19.4 Å². The highest BCUT2D eigenvalue weighted by Crippen LogP contribution is 2.23.